The van der Waals surface area contributed by atoms with Crippen LogP contribution in [0.4, 0.5) is 17.1 Å². The van der Waals surface area contributed by atoms with Crippen LogP contribution in [0, 0.1) is 0 Å². The summed E-state index contributed by atoms with van der Waals surface area (Å²) < 4.78 is 27.2. The van der Waals surface area contributed by atoms with Gasteiger partial charge in [-0.3, -0.25) is 0 Å². The van der Waals surface area contributed by atoms with Crippen LogP contribution < -0.4 is 15.8 Å². The van der Waals surface area contributed by atoms with Gasteiger partial charge in [0.1, 0.15) is 0 Å². The topological polar surface area (TPSA) is 37.4 Å². The lowest BCUT2D eigenvalue weighted by atomic mass is 9.40. The molecule has 0 unspecified atom stereocenters. The van der Waals surface area contributed by atoms with Crippen molar-refractivity contribution in [2.45, 2.75) is 16.6 Å². The van der Waals surface area contributed by atoms with Crippen molar-refractivity contribution >= 4 is 44.5 Å². The molecule has 0 spiro atoms. The van der Waals surface area contributed by atoms with Gasteiger partial charge in [0.2, 0.25) is 16.6 Å². The molecular formula is C31H24BNO2S. The van der Waals surface area contributed by atoms with E-state index >= 15 is 0 Å². The van der Waals surface area contributed by atoms with Gasteiger partial charge in [0.15, 0.2) is 0 Å². The van der Waals surface area contributed by atoms with Gasteiger partial charge in [-0.05, 0) is 48.0 Å². The Kier molecular flexibility index (Phi) is 5.50. The lowest BCUT2D eigenvalue weighted by Crippen LogP contribution is -2.47. The predicted molar refractivity (Wildman–Crippen MR) is 149 cm³/mol. The fourth-order valence-electron chi connectivity index (χ4n) is 5.15. The average Bonchev–Trinajstić information content (AvgIpc) is 2.94. The maximum Gasteiger partial charge on any atom is 0.211 e. The highest BCUT2D eigenvalue weighted by molar-refractivity contribution is 7.91. The van der Waals surface area contributed by atoms with Crippen molar-refractivity contribution in [2.24, 2.45) is 0 Å². The number of rotatable bonds is 4. The number of sulfone groups is 1. The fraction of sp³-hybridized carbons (Fsp3) is 0.0323. The quantitative estimate of drug-likeness (QED) is 0.284. The van der Waals surface area contributed by atoms with Crippen molar-refractivity contribution in [1.82, 2.24) is 0 Å². The number of nitrogens with zero attached hydrogens (tertiary/aromatic N) is 1. The molecule has 0 atom stereocenters. The predicted octanol–water partition coefficient (Wildman–Crippen LogP) is 6.21. The molecule has 0 N–H and O–H groups in total. The number of hydrogen-bond acceptors (Lipinski definition) is 3. The lowest BCUT2D eigenvalue weighted by Gasteiger charge is -2.36. The van der Waals surface area contributed by atoms with E-state index in [1.54, 1.807) is 36.4 Å². The summed E-state index contributed by atoms with van der Waals surface area (Å²) in [6, 6.07) is 41.0. The summed E-state index contributed by atoms with van der Waals surface area (Å²) in [4.78, 5) is 2.89. The number of benzene rings is 5. The van der Waals surface area contributed by atoms with Gasteiger partial charge in [-0.25, -0.2) is 8.42 Å². The van der Waals surface area contributed by atoms with Crippen molar-refractivity contribution in [3.8, 4) is 11.1 Å². The minimum absolute atomic E-state index is 0.216. The summed E-state index contributed by atoms with van der Waals surface area (Å²) in [7, 11) is -3.68. The second kappa shape index (κ2) is 8.85. The molecule has 174 valence electrons. The Labute approximate surface area is 212 Å². The summed E-state index contributed by atoms with van der Waals surface area (Å²) in [6.45, 7) is 2.45. The minimum Gasteiger partial charge on any atom is -0.312 e. The van der Waals surface area contributed by atoms with Crippen LogP contribution in [-0.4, -0.2) is 15.1 Å². The molecule has 0 aliphatic carbocycles. The van der Waals surface area contributed by atoms with E-state index in [9.17, 15) is 8.42 Å². The third-order valence-electron chi connectivity index (χ3n) is 6.94. The van der Waals surface area contributed by atoms with E-state index < -0.39 is 9.84 Å². The first-order valence-corrected chi connectivity index (χ1v) is 13.5. The molecule has 5 aromatic carbocycles. The number of hydrogen-bond donors (Lipinski definition) is 0. The highest BCUT2D eigenvalue weighted by atomic mass is 32.2. The van der Waals surface area contributed by atoms with E-state index in [-0.39, 0.29) is 6.71 Å². The van der Waals surface area contributed by atoms with E-state index in [1.807, 2.05) is 42.5 Å². The molecule has 0 bridgehead atoms. The Morgan fingerprint density at radius 1 is 0.611 bits per heavy atom. The van der Waals surface area contributed by atoms with Gasteiger partial charge in [0.25, 0.3) is 0 Å². The van der Waals surface area contributed by atoms with Crippen LogP contribution in [0.2, 0.25) is 6.82 Å². The lowest BCUT2D eigenvalue weighted by molar-refractivity contribution is 0.596. The average molecular weight is 485 g/mol. The van der Waals surface area contributed by atoms with Gasteiger partial charge in [-0.1, -0.05) is 103 Å². The molecule has 3 nitrogen and oxygen atoms in total. The molecule has 0 radical (unpaired) electrons. The summed E-state index contributed by atoms with van der Waals surface area (Å²) in [5.74, 6) is 0. The summed E-state index contributed by atoms with van der Waals surface area (Å²) >= 11 is 0. The summed E-state index contributed by atoms with van der Waals surface area (Å²) in [6.07, 6.45) is 0. The highest BCUT2D eigenvalue weighted by Gasteiger charge is 2.31. The zero-order valence-electron chi connectivity index (χ0n) is 19.9. The first kappa shape index (κ1) is 22.4. The van der Waals surface area contributed by atoms with Crippen LogP contribution in [0.15, 0.2) is 137 Å². The summed E-state index contributed by atoms with van der Waals surface area (Å²) in [5.41, 5.74) is 7.33. The second-order valence-corrected chi connectivity index (χ2v) is 11.0. The van der Waals surface area contributed by atoms with Gasteiger partial charge in [-0.15, -0.1) is 0 Å². The molecule has 1 aliphatic rings. The Morgan fingerprint density at radius 3 is 2.00 bits per heavy atom. The molecule has 1 heterocycles. The van der Waals surface area contributed by atoms with Crippen LogP contribution in [0.25, 0.3) is 11.1 Å². The molecule has 5 heteroatoms. The maximum atomic E-state index is 13.6. The molecule has 6 rings (SSSR count). The Hall–Kier alpha value is -4.09. The number of fused-ring (bicyclic) bond motifs is 2. The second-order valence-electron chi connectivity index (χ2n) is 9.04. The van der Waals surface area contributed by atoms with E-state index in [4.69, 9.17) is 0 Å². The largest absolute Gasteiger partial charge is 0.312 e. The van der Waals surface area contributed by atoms with Crippen LogP contribution in [0.5, 0.6) is 0 Å². The minimum atomic E-state index is -3.68. The first-order valence-electron chi connectivity index (χ1n) is 12.0. The fourth-order valence-corrected chi connectivity index (χ4v) is 6.65. The molecule has 0 aromatic heterocycles. The van der Waals surface area contributed by atoms with E-state index in [0.717, 1.165) is 22.6 Å². The smallest absolute Gasteiger partial charge is 0.211 e. The van der Waals surface area contributed by atoms with Gasteiger partial charge in [0, 0.05) is 22.6 Å². The van der Waals surface area contributed by atoms with Crippen molar-refractivity contribution in [1.29, 1.82) is 0 Å². The van der Waals surface area contributed by atoms with Crippen LogP contribution in [0.3, 0.4) is 0 Å². The third-order valence-corrected chi connectivity index (χ3v) is 8.77. The number of anilines is 3. The van der Waals surface area contributed by atoms with E-state index in [0.29, 0.717) is 15.4 Å². The van der Waals surface area contributed by atoms with E-state index in [1.165, 1.54) is 10.9 Å². The standard InChI is InChI=1S/C31H24BNO2S/c1-32-27-17-9-10-18-29(27)33(24-12-4-2-5-13-24)30-22-23(20-21-28(30)32)26-16-8-11-19-31(26)36(34,35)25-14-6-3-7-15-25/h2-22H,1H3. The molecule has 36 heavy (non-hydrogen) atoms. The molecule has 5 aromatic rings. The maximum absolute atomic E-state index is 13.6. The van der Waals surface area contributed by atoms with Crippen LogP contribution in [0.1, 0.15) is 0 Å². The van der Waals surface area contributed by atoms with Gasteiger partial charge >= 0.3 is 0 Å². The van der Waals surface area contributed by atoms with Crippen molar-refractivity contribution < 1.29 is 8.42 Å². The monoisotopic (exact) mass is 485 g/mol. The number of para-hydroxylation sites is 2. The molecule has 1 aliphatic heterocycles. The van der Waals surface area contributed by atoms with Gasteiger partial charge in [0.05, 0.1) is 9.79 Å². The van der Waals surface area contributed by atoms with Crippen LogP contribution in [-0.2, 0) is 9.84 Å². The summed E-state index contributed by atoms with van der Waals surface area (Å²) in [5, 5.41) is 0. The Balaban J connectivity index is 1.56. The van der Waals surface area contributed by atoms with Crippen molar-refractivity contribution in [3.63, 3.8) is 0 Å². The molecule has 0 saturated carbocycles. The third kappa shape index (κ3) is 3.64. The molecular weight excluding hydrogens is 461 g/mol. The Morgan fingerprint density at radius 2 is 1.22 bits per heavy atom. The SMILES string of the molecule is CB1c2ccccc2N(c2ccccc2)c2cc(-c3ccccc3S(=O)(=O)c3ccccc3)ccc21. The zero-order chi connectivity index (χ0) is 24.7. The van der Waals surface area contributed by atoms with Gasteiger partial charge < -0.3 is 4.90 Å². The molecule has 0 amide bonds. The van der Waals surface area contributed by atoms with E-state index in [2.05, 4.69) is 60.3 Å². The van der Waals surface area contributed by atoms with Crippen molar-refractivity contribution in [2.75, 3.05) is 4.90 Å². The normalized spacial score (nSPS) is 12.7. The first-order chi connectivity index (χ1) is 17.6. The highest BCUT2D eigenvalue weighted by Crippen LogP contribution is 2.39. The van der Waals surface area contributed by atoms with Gasteiger partial charge in [-0.2, -0.15) is 0 Å². The zero-order valence-corrected chi connectivity index (χ0v) is 20.7. The van der Waals surface area contributed by atoms with Crippen LogP contribution >= 0.6 is 0 Å². The Bertz CT molecular complexity index is 1670. The molecule has 0 saturated heterocycles. The van der Waals surface area contributed by atoms with Crippen molar-refractivity contribution in [3.05, 3.63) is 127 Å². The molecule has 0 fully saturated rings.